The van der Waals surface area contributed by atoms with Crippen molar-refractivity contribution in [3.05, 3.63) is 28.2 Å². The maximum atomic E-state index is 12.8. The Morgan fingerprint density at radius 3 is 2.67 bits per heavy atom. The fourth-order valence-electron chi connectivity index (χ4n) is 3.87. The minimum atomic E-state index is -4.67. The average Bonchev–Trinajstić information content (AvgIpc) is 3.37. The van der Waals surface area contributed by atoms with Gasteiger partial charge in [-0.3, -0.25) is 9.59 Å². The summed E-state index contributed by atoms with van der Waals surface area (Å²) in [6.45, 7) is 3.11. The van der Waals surface area contributed by atoms with Crippen LogP contribution in [0, 0.1) is 5.41 Å². The Hall–Kier alpha value is -2.85. The first-order valence-electron chi connectivity index (χ1n) is 9.87. The van der Waals surface area contributed by atoms with Crippen LogP contribution < -0.4 is 10.9 Å². The zero-order valence-corrected chi connectivity index (χ0v) is 16.4. The Kier molecular flexibility index (Phi) is 5.07. The van der Waals surface area contributed by atoms with Crippen molar-refractivity contribution in [3.63, 3.8) is 0 Å². The summed E-state index contributed by atoms with van der Waals surface area (Å²) >= 11 is 0. The Morgan fingerprint density at radius 2 is 2.00 bits per heavy atom. The molecule has 1 atom stereocenters. The maximum Gasteiger partial charge on any atom is 0.431 e. The molecule has 11 heteroatoms. The number of hydrogen-bond donors (Lipinski definition) is 2. The third-order valence-electron chi connectivity index (χ3n) is 5.90. The number of aromatic amines is 1. The number of pyridine rings is 1. The lowest BCUT2D eigenvalue weighted by Crippen LogP contribution is -2.42. The molecule has 0 unspecified atom stereocenters. The number of anilines is 1. The van der Waals surface area contributed by atoms with E-state index in [1.807, 2.05) is 4.90 Å². The van der Waals surface area contributed by atoms with Gasteiger partial charge in [0.15, 0.2) is 0 Å². The summed E-state index contributed by atoms with van der Waals surface area (Å²) in [6.07, 6.45) is 0.995. The predicted molar refractivity (Wildman–Crippen MR) is 101 cm³/mol. The monoisotopic (exact) mass is 425 g/mol. The van der Waals surface area contributed by atoms with Crippen LogP contribution in [0.15, 0.2) is 21.3 Å². The molecule has 162 valence electrons. The molecule has 0 radical (unpaired) electrons. The van der Waals surface area contributed by atoms with Gasteiger partial charge in [0.25, 0.3) is 11.4 Å². The molecule has 1 spiro atoms. The summed E-state index contributed by atoms with van der Waals surface area (Å²) in [5.74, 6) is -0.322. The number of carbonyl (C=O) groups excluding carboxylic acids is 1. The number of rotatable bonds is 4. The third-order valence-corrected chi connectivity index (χ3v) is 5.90. The zero-order chi connectivity index (χ0) is 21.5. The Morgan fingerprint density at radius 1 is 1.23 bits per heavy atom. The Bertz CT molecular complexity index is 996. The highest BCUT2D eigenvalue weighted by Crippen LogP contribution is 2.53. The number of nitrogens with zero attached hydrogens (tertiary/aromatic N) is 3. The lowest BCUT2D eigenvalue weighted by atomic mass is 9.98. The summed E-state index contributed by atoms with van der Waals surface area (Å²) in [5, 5.41) is 10.3. The van der Waals surface area contributed by atoms with Gasteiger partial charge in [-0.15, -0.1) is 5.10 Å². The van der Waals surface area contributed by atoms with Crippen LogP contribution >= 0.6 is 0 Å². The number of alkyl halides is 3. The molecule has 1 saturated carbocycles. The van der Waals surface area contributed by atoms with Gasteiger partial charge in [-0.05, 0) is 56.6 Å². The molecular weight excluding hydrogens is 403 g/mol. The summed E-state index contributed by atoms with van der Waals surface area (Å²) in [7, 11) is 0. The first kappa shape index (κ1) is 20.4. The highest BCUT2D eigenvalue weighted by Gasteiger charge is 2.43. The van der Waals surface area contributed by atoms with Gasteiger partial charge in [-0.2, -0.15) is 13.2 Å². The van der Waals surface area contributed by atoms with Crippen molar-refractivity contribution < 1.29 is 22.4 Å². The molecule has 2 aromatic heterocycles. The van der Waals surface area contributed by atoms with E-state index in [0.29, 0.717) is 12.0 Å². The van der Waals surface area contributed by atoms with Gasteiger partial charge in [-0.1, -0.05) is 5.10 Å². The SMILES string of the molecule is C[C@@H](Nc1nnc(-c2ccc(C(F)(F)F)[nH]c2=O)o1)C(=O)N1CCCC2(CC1)CC2. The molecule has 2 fully saturated rings. The highest BCUT2D eigenvalue weighted by atomic mass is 19.4. The van der Waals surface area contributed by atoms with E-state index in [4.69, 9.17) is 4.42 Å². The quantitative estimate of drug-likeness (QED) is 0.780. The topological polar surface area (TPSA) is 104 Å². The lowest BCUT2D eigenvalue weighted by Gasteiger charge is -2.24. The van der Waals surface area contributed by atoms with E-state index in [1.165, 1.54) is 12.8 Å². The minimum absolute atomic E-state index is 0.0835. The summed E-state index contributed by atoms with van der Waals surface area (Å²) in [4.78, 5) is 28.3. The average molecular weight is 425 g/mol. The zero-order valence-electron chi connectivity index (χ0n) is 16.4. The van der Waals surface area contributed by atoms with Crippen molar-refractivity contribution in [3.8, 4) is 11.5 Å². The molecule has 0 bridgehead atoms. The molecule has 2 aromatic rings. The normalized spacial score (nSPS) is 19.4. The molecule has 0 aromatic carbocycles. The van der Waals surface area contributed by atoms with Crippen molar-refractivity contribution in [1.29, 1.82) is 0 Å². The smallest absolute Gasteiger partial charge is 0.403 e. The second-order valence-corrected chi connectivity index (χ2v) is 8.07. The van der Waals surface area contributed by atoms with Crippen LogP contribution in [-0.2, 0) is 11.0 Å². The number of halogens is 3. The van der Waals surface area contributed by atoms with E-state index in [9.17, 15) is 22.8 Å². The van der Waals surface area contributed by atoms with Crippen molar-refractivity contribution in [2.24, 2.45) is 5.41 Å². The largest absolute Gasteiger partial charge is 0.431 e. The van der Waals surface area contributed by atoms with Crippen LogP contribution in [0.3, 0.4) is 0 Å². The molecule has 3 heterocycles. The summed E-state index contributed by atoms with van der Waals surface area (Å²) in [5.41, 5.74) is -1.91. The second kappa shape index (κ2) is 7.44. The number of aromatic nitrogens is 3. The number of hydrogen-bond acceptors (Lipinski definition) is 6. The van der Waals surface area contributed by atoms with Crippen molar-refractivity contribution >= 4 is 11.9 Å². The summed E-state index contributed by atoms with van der Waals surface area (Å²) < 4.78 is 43.4. The number of amides is 1. The van der Waals surface area contributed by atoms with E-state index in [2.05, 4.69) is 15.5 Å². The molecule has 1 aliphatic carbocycles. The molecule has 1 aliphatic heterocycles. The van der Waals surface area contributed by atoms with E-state index >= 15 is 0 Å². The molecular formula is C19H22F3N5O3. The van der Waals surface area contributed by atoms with Crippen molar-refractivity contribution in [2.45, 2.75) is 51.2 Å². The first-order chi connectivity index (χ1) is 14.2. The number of H-pyrrole nitrogens is 1. The van der Waals surface area contributed by atoms with Crippen LogP contribution in [0.4, 0.5) is 19.2 Å². The number of carbonyl (C=O) groups is 1. The van der Waals surface area contributed by atoms with E-state index in [1.54, 1.807) is 11.9 Å². The van der Waals surface area contributed by atoms with Gasteiger partial charge in [0.1, 0.15) is 17.3 Å². The third kappa shape index (κ3) is 4.19. The van der Waals surface area contributed by atoms with Gasteiger partial charge >= 0.3 is 12.2 Å². The summed E-state index contributed by atoms with van der Waals surface area (Å²) in [6, 6.07) is 0.987. The van der Waals surface area contributed by atoms with Crippen LogP contribution in [-0.4, -0.2) is 45.1 Å². The van der Waals surface area contributed by atoms with E-state index in [-0.39, 0.29) is 23.4 Å². The van der Waals surface area contributed by atoms with Gasteiger partial charge in [0, 0.05) is 13.1 Å². The molecule has 4 rings (SSSR count). The van der Waals surface area contributed by atoms with Crippen LogP contribution in [0.2, 0.25) is 0 Å². The lowest BCUT2D eigenvalue weighted by molar-refractivity contribution is -0.141. The highest BCUT2D eigenvalue weighted by molar-refractivity contribution is 5.83. The van der Waals surface area contributed by atoms with Gasteiger partial charge in [-0.25, -0.2) is 0 Å². The number of nitrogens with one attached hydrogen (secondary N) is 2. The van der Waals surface area contributed by atoms with Gasteiger partial charge < -0.3 is 19.6 Å². The Labute approximate surface area is 169 Å². The molecule has 2 N–H and O–H groups in total. The molecule has 1 saturated heterocycles. The maximum absolute atomic E-state index is 12.8. The Balaban J connectivity index is 1.41. The number of likely N-dealkylation sites (tertiary alicyclic amines) is 1. The van der Waals surface area contributed by atoms with Gasteiger partial charge in [0.05, 0.1) is 0 Å². The second-order valence-electron chi connectivity index (χ2n) is 8.07. The fraction of sp³-hybridized carbons (Fsp3) is 0.579. The van der Waals surface area contributed by atoms with Crippen LogP contribution in [0.1, 0.15) is 44.7 Å². The minimum Gasteiger partial charge on any atom is -0.403 e. The van der Waals surface area contributed by atoms with Gasteiger partial charge in [0.2, 0.25) is 5.91 Å². The van der Waals surface area contributed by atoms with E-state index < -0.39 is 23.5 Å². The predicted octanol–water partition coefficient (Wildman–Crippen LogP) is 3.04. The standard InChI is InChI=1S/C19H22F3N5O3/c1-11(16(29)27-9-2-5-18(6-7-18)8-10-27)23-17-26-25-15(30-17)12-3-4-13(19(20,21)22)24-14(12)28/h3-4,11H,2,5-10H2,1H3,(H,23,26)(H,24,28)/t11-/m1/s1. The first-order valence-corrected chi connectivity index (χ1v) is 9.87. The van der Waals surface area contributed by atoms with Crippen molar-refractivity contribution in [2.75, 3.05) is 18.4 Å². The van der Waals surface area contributed by atoms with Crippen LogP contribution in [0.5, 0.6) is 0 Å². The molecule has 1 amide bonds. The van der Waals surface area contributed by atoms with Crippen LogP contribution in [0.25, 0.3) is 11.5 Å². The molecule has 8 nitrogen and oxygen atoms in total. The molecule has 2 aliphatic rings. The van der Waals surface area contributed by atoms with Crippen molar-refractivity contribution in [1.82, 2.24) is 20.1 Å². The van der Waals surface area contributed by atoms with E-state index in [0.717, 1.165) is 37.9 Å². The molecule has 30 heavy (non-hydrogen) atoms. The fourth-order valence-corrected chi connectivity index (χ4v) is 3.87.